The molecule has 0 spiro atoms. The van der Waals surface area contributed by atoms with Crippen molar-refractivity contribution in [2.45, 2.75) is 31.8 Å². The second-order valence-corrected chi connectivity index (χ2v) is 9.73. The van der Waals surface area contributed by atoms with Gasteiger partial charge in [-0.15, -0.1) is 11.3 Å². The highest BCUT2D eigenvalue weighted by molar-refractivity contribution is 7.13. The molecule has 0 bridgehead atoms. The maximum Gasteiger partial charge on any atom is 0.307 e. The number of nitrogens with zero attached hydrogens (tertiary/aromatic N) is 1. The monoisotopic (exact) mass is 456 g/mol. The highest BCUT2D eigenvalue weighted by atomic mass is 32.1. The van der Waals surface area contributed by atoms with Crippen molar-refractivity contribution in [3.05, 3.63) is 89.3 Å². The average molecular weight is 457 g/mol. The number of carboxylic acids is 1. The number of rotatable bonds is 7. The van der Waals surface area contributed by atoms with E-state index in [0.29, 0.717) is 6.04 Å². The number of anilines is 1. The molecule has 5 rings (SSSR count). The van der Waals surface area contributed by atoms with Crippen molar-refractivity contribution in [2.24, 2.45) is 0 Å². The first-order valence-electron chi connectivity index (χ1n) is 11.5. The third kappa shape index (κ3) is 4.65. The number of aliphatic carboxylic acids is 1. The summed E-state index contributed by atoms with van der Waals surface area (Å²) in [7, 11) is 0. The molecule has 0 aliphatic carbocycles. The summed E-state index contributed by atoms with van der Waals surface area (Å²) in [5.74, 6) is -0.796. The lowest BCUT2D eigenvalue weighted by Gasteiger charge is -2.23. The Morgan fingerprint density at radius 2 is 1.97 bits per heavy atom. The molecule has 0 unspecified atom stereocenters. The third-order valence-electron chi connectivity index (χ3n) is 6.55. The highest BCUT2D eigenvalue weighted by Gasteiger charge is 2.25. The van der Waals surface area contributed by atoms with Crippen molar-refractivity contribution < 1.29 is 9.90 Å². The maximum atomic E-state index is 11.5. The minimum atomic E-state index is -0.796. The van der Waals surface area contributed by atoms with E-state index in [2.05, 4.69) is 83.9 Å². The van der Waals surface area contributed by atoms with Gasteiger partial charge < -0.3 is 15.3 Å². The number of fused-ring (bicyclic) bond motifs is 1. The van der Waals surface area contributed by atoms with Crippen molar-refractivity contribution >= 4 is 33.8 Å². The molecule has 33 heavy (non-hydrogen) atoms. The Balaban J connectivity index is 1.32. The summed E-state index contributed by atoms with van der Waals surface area (Å²) in [6.45, 7) is 4.12. The zero-order chi connectivity index (χ0) is 22.8. The zero-order valence-electron chi connectivity index (χ0n) is 18.7. The molecular formula is C28H28N2O2S. The van der Waals surface area contributed by atoms with Crippen LogP contribution in [0.3, 0.4) is 0 Å². The number of carbonyl (C=O) groups is 1. The number of nitrogens with one attached hydrogen (secondary N) is 1. The molecule has 1 aliphatic rings. The van der Waals surface area contributed by atoms with Gasteiger partial charge in [-0.1, -0.05) is 54.6 Å². The Kier molecular flexibility index (Phi) is 6.16. The van der Waals surface area contributed by atoms with Gasteiger partial charge in [-0.05, 0) is 64.4 Å². The molecule has 2 atom stereocenters. The Hall–Kier alpha value is -3.15. The first kappa shape index (κ1) is 21.7. The summed E-state index contributed by atoms with van der Waals surface area (Å²) >= 11 is 1.64. The predicted octanol–water partition coefficient (Wildman–Crippen LogP) is 6.12. The highest BCUT2D eigenvalue weighted by Crippen LogP contribution is 2.33. The lowest BCUT2D eigenvalue weighted by atomic mass is 9.99. The molecule has 2 heterocycles. The summed E-state index contributed by atoms with van der Waals surface area (Å²) in [5, 5.41) is 17.9. The van der Waals surface area contributed by atoms with Gasteiger partial charge in [0.2, 0.25) is 0 Å². The van der Waals surface area contributed by atoms with Gasteiger partial charge in [-0.3, -0.25) is 4.79 Å². The third-order valence-corrected chi connectivity index (χ3v) is 7.45. The Bertz CT molecular complexity index is 1260. The fraction of sp³-hybridized carbons (Fsp3) is 0.250. The van der Waals surface area contributed by atoms with Crippen molar-refractivity contribution in [1.82, 2.24) is 5.32 Å². The molecule has 4 aromatic rings. The first-order valence-corrected chi connectivity index (χ1v) is 12.3. The van der Waals surface area contributed by atoms with Crippen LogP contribution in [-0.4, -0.2) is 30.2 Å². The van der Waals surface area contributed by atoms with E-state index in [1.165, 1.54) is 16.3 Å². The molecule has 0 amide bonds. The molecular weight excluding hydrogens is 428 g/mol. The van der Waals surface area contributed by atoms with Crippen molar-refractivity contribution in [3.8, 4) is 10.4 Å². The number of carboxylic acid groups (broad SMARTS) is 1. The molecule has 4 nitrogen and oxygen atoms in total. The number of hydrogen-bond acceptors (Lipinski definition) is 4. The normalized spacial score (nSPS) is 16.9. The van der Waals surface area contributed by atoms with Crippen LogP contribution in [-0.2, 0) is 11.2 Å². The molecule has 0 radical (unpaired) electrons. The van der Waals surface area contributed by atoms with E-state index >= 15 is 0 Å². The SMILES string of the molecule is C[C@@H](N[C@H]1CCN(c2ccc(-c3cccs3)c(CC(=O)O)c2)C1)c1cccc2ccccc12. The van der Waals surface area contributed by atoms with Crippen molar-refractivity contribution in [3.63, 3.8) is 0 Å². The van der Waals surface area contributed by atoms with E-state index in [1.807, 2.05) is 11.4 Å². The molecule has 0 saturated carbocycles. The van der Waals surface area contributed by atoms with Gasteiger partial charge in [0.25, 0.3) is 0 Å². The fourth-order valence-corrected chi connectivity index (χ4v) is 5.75. The average Bonchev–Trinajstić information content (AvgIpc) is 3.51. The quantitative estimate of drug-likeness (QED) is 0.351. The summed E-state index contributed by atoms with van der Waals surface area (Å²) in [6, 6.07) is 26.1. The van der Waals surface area contributed by atoms with Gasteiger partial charge in [0.05, 0.1) is 6.42 Å². The van der Waals surface area contributed by atoms with Crippen molar-refractivity contribution in [1.29, 1.82) is 0 Å². The predicted molar refractivity (Wildman–Crippen MR) is 137 cm³/mol. The van der Waals surface area contributed by atoms with Gasteiger partial charge in [0.15, 0.2) is 0 Å². The fourth-order valence-electron chi connectivity index (χ4n) is 4.96. The van der Waals surface area contributed by atoms with Crippen LogP contribution in [0.4, 0.5) is 5.69 Å². The summed E-state index contributed by atoms with van der Waals surface area (Å²) in [5.41, 5.74) is 4.34. The minimum Gasteiger partial charge on any atom is -0.481 e. The molecule has 1 fully saturated rings. The number of hydrogen-bond donors (Lipinski definition) is 2. The molecule has 3 aromatic carbocycles. The molecule has 5 heteroatoms. The van der Waals surface area contributed by atoms with Crippen LogP contribution >= 0.6 is 11.3 Å². The van der Waals surface area contributed by atoms with Gasteiger partial charge in [0, 0.05) is 35.7 Å². The van der Waals surface area contributed by atoms with Crippen molar-refractivity contribution in [2.75, 3.05) is 18.0 Å². The van der Waals surface area contributed by atoms with E-state index in [0.717, 1.165) is 41.2 Å². The second kappa shape index (κ2) is 9.38. The lowest BCUT2D eigenvalue weighted by Crippen LogP contribution is -2.34. The number of benzene rings is 3. The largest absolute Gasteiger partial charge is 0.481 e. The van der Waals surface area contributed by atoms with Crippen LogP contribution in [0, 0.1) is 0 Å². The van der Waals surface area contributed by atoms with E-state index < -0.39 is 5.97 Å². The van der Waals surface area contributed by atoms with Crippen LogP contribution in [0.15, 0.2) is 78.2 Å². The standard InChI is InChI=1S/C28H28N2O2S/c1-19(24-9-4-7-20-6-2-3-8-25(20)24)29-22-13-14-30(18-22)23-11-12-26(27-10-5-15-33-27)21(16-23)17-28(31)32/h2-12,15-16,19,22,29H,13-14,17-18H2,1H3,(H,31,32)/t19-,22+/m1/s1. The lowest BCUT2D eigenvalue weighted by molar-refractivity contribution is -0.136. The van der Waals surface area contributed by atoms with Gasteiger partial charge >= 0.3 is 5.97 Å². The van der Waals surface area contributed by atoms with Crippen LogP contribution in [0.5, 0.6) is 0 Å². The van der Waals surface area contributed by atoms with Crippen LogP contribution in [0.2, 0.25) is 0 Å². The van der Waals surface area contributed by atoms with E-state index in [4.69, 9.17) is 0 Å². The van der Waals surface area contributed by atoms with Gasteiger partial charge in [0.1, 0.15) is 0 Å². The minimum absolute atomic E-state index is 0.0364. The molecule has 1 saturated heterocycles. The van der Waals surface area contributed by atoms with E-state index in [-0.39, 0.29) is 12.5 Å². The summed E-state index contributed by atoms with van der Waals surface area (Å²) < 4.78 is 0. The first-order chi connectivity index (χ1) is 16.1. The van der Waals surface area contributed by atoms with Gasteiger partial charge in [-0.2, -0.15) is 0 Å². The maximum absolute atomic E-state index is 11.5. The Morgan fingerprint density at radius 1 is 1.12 bits per heavy atom. The zero-order valence-corrected chi connectivity index (χ0v) is 19.5. The van der Waals surface area contributed by atoms with Crippen LogP contribution in [0.25, 0.3) is 21.2 Å². The smallest absolute Gasteiger partial charge is 0.307 e. The topological polar surface area (TPSA) is 52.6 Å². The van der Waals surface area contributed by atoms with Gasteiger partial charge in [-0.25, -0.2) is 0 Å². The van der Waals surface area contributed by atoms with Crippen LogP contribution < -0.4 is 10.2 Å². The Labute approximate surface area is 198 Å². The van der Waals surface area contributed by atoms with E-state index in [1.54, 1.807) is 11.3 Å². The van der Waals surface area contributed by atoms with Crippen LogP contribution in [0.1, 0.15) is 30.5 Å². The molecule has 2 N–H and O–H groups in total. The molecule has 1 aromatic heterocycles. The second-order valence-electron chi connectivity index (χ2n) is 8.78. The summed E-state index contributed by atoms with van der Waals surface area (Å²) in [6.07, 6.45) is 1.10. The van der Waals surface area contributed by atoms with E-state index in [9.17, 15) is 9.90 Å². The molecule has 1 aliphatic heterocycles. The Morgan fingerprint density at radius 3 is 2.79 bits per heavy atom. The number of thiophene rings is 1. The summed E-state index contributed by atoms with van der Waals surface area (Å²) in [4.78, 5) is 15.0. The molecule has 168 valence electrons.